The standard InChI is InChI=1S/C20H29FOSi/c1-15(2)22-18-10-11-20(21)19(14-18)17-8-6-16(7-9-17)12-13-23(3,4)5/h6-11,15,19H,12-14H2,1-5H3. The van der Waals surface area contributed by atoms with E-state index in [2.05, 4.69) is 43.9 Å². The van der Waals surface area contributed by atoms with Crippen LogP contribution in [0.5, 0.6) is 0 Å². The van der Waals surface area contributed by atoms with Crippen molar-refractivity contribution in [2.45, 2.75) is 64.4 Å². The monoisotopic (exact) mass is 332 g/mol. The lowest BCUT2D eigenvalue weighted by Crippen LogP contribution is -2.19. The fourth-order valence-corrected chi connectivity index (χ4v) is 3.80. The van der Waals surface area contributed by atoms with E-state index < -0.39 is 8.07 Å². The summed E-state index contributed by atoms with van der Waals surface area (Å²) in [5.74, 6) is 0.588. The third kappa shape index (κ3) is 5.65. The highest BCUT2D eigenvalue weighted by atomic mass is 28.3. The number of hydrogen-bond acceptors (Lipinski definition) is 1. The van der Waals surface area contributed by atoms with Crippen LogP contribution < -0.4 is 0 Å². The predicted octanol–water partition coefficient (Wildman–Crippen LogP) is 6.22. The summed E-state index contributed by atoms with van der Waals surface area (Å²) in [5, 5.41) is 0. The SMILES string of the molecule is CC(C)OC1=CC=C(F)C(c2ccc(CC[Si](C)(C)C)cc2)C1. The summed E-state index contributed by atoms with van der Waals surface area (Å²) in [6, 6.07) is 9.76. The van der Waals surface area contributed by atoms with E-state index in [0.29, 0.717) is 6.42 Å². The number of ether oxygens (including phenoxy) is 1. The van der Waals surface area contributed by atoms with Gasteiger partial charge in [0.15, 0.2) is 0 Å². The molecule has 1 nitrogen and oxygen atoms in total. The number of allylic oxidation sites excluding steroid dienone is 4. The van der Waals surface area contributed by atoms with Gasteiger partial charge in [0.1, 0.15) is 5.83 Å². The Kier molecular flexibility index (Phi) is 5.85. The maximum Gasteiger partial charge on any atom is 0.108 e. The second-order valence-corrected chi connectivity index (χ2v) is 13.5. The Morgan fingerprint density at radius 2 is 1.78 bits per heavy atom. The van der Waals surface area contributed by atoms with Crippen LogP contribution in [-0.4, -0.2) is 14.2 Å². The minimum atomic E-state index is -1.01. The molecule has 0 aromatic heterocycles. The molecule has 0 radical (unpaired) electrons. The zero-order valence-electron chi connectivity index (χ0n) is 15.0. The van der Waals surface area contributed by atoms with E-state index in [-0.39, 0.29) is 17.8 Å². The van der Waals surface area contributed by atoms with Crippen LogP contribution in [0, 0.1) is 0 Å². The van der Waals surface area contributed by atoms with Gasteiger partial charge in [-0.2, -0.15) is 0 Å². The molecule has 23 heavy (non-hydrogen) atoms. The molecule has 0 N–H and O–H groups in total. The van der Waals surface area contributed by atoms with E-state index in [4.69, 9.17) is 4.74 Å². The van der Waals surface area contributed by atoms with E-state index in [1.807, 2.05) is 13.8 Å². The number of hydrogen-bond donors (Lipinski definition) is 0. The normalized spacial score (nSPS) is 18.7. The maximum absolute atomic E-state index is 14.2. The number of aryl methyl sites for hydroxylation is 1. The van der Waals surface area contributed by atoms with Crippen molar-refractivity contribution in [3.05, 3.63) is 59.1 Å². The molecule has 0 aliphatic heterocycles. The molecule has 0 saturated heterocycles. The van der Waals surface area contributed by atoms with Crippen molar-refractivity contribution in [2.24, 2.45) is 0 Å². The molecule has 1 aromatic carbocycles. The van der Waals surface area contributed by atoms with Gasteiger partial charge in [0.05, 0.1) is 11.9 Å². The summed E-state index contributed by atoms with van der Waals surface area (Å²) in [7, 11) is -1.01. The van der Waals surface area contributed by atoms with Crippen molar-refractivity contribution >= 4 is 8.07 Å². The summed E-state index contributed by atoms with van der Waals surface area (Å²) in [5.41, 5.74) is 2.39. The maximum atomic E-state index is 14.2. The molecule has 0 amide bonds. The van der Waals surface area contributed by atoms with Crippen molar-refractivity contribution in [2.75, 3.05) is 0 Å². The van der Waals surface area contributed by atoms with Crippen LogP contribution in [0.1, 0.15) is 37.3 Å². The molecule has 2 rings (SSSR count). The fraction of sp³-hybridized carbons (Fsp3) is 0.500. The summed E-state index contributed by atoms with van der Waals surface area (Å²) >= 11 is 0. The molecule has 1 atom stereocenters. The third-order valence-electron chi connectivity index (χ3n) is 4.10. The minimum Gasteiger partial charge on any atom is -0.495 e. The number of halogens is 1. The topological polar surface area (TPSA) is 9.23 Å². The zero-order valence-corrected chi connectivity index (χ0v) is 16.0. The van der Waals surface area contributed by atoms with E-state index in [9.17, 15) is 4.39 Å². The summed E-state index contributed by atoms with van der Waals surface area (Å²) < 4.78 is 20.0. The molecule has 1 aromatic rings. The van der Waals surface area contributed by atoms with E-state index in [1.165, 1.54) is 11.6 Å². The van der Waals surface area contributed by atoms with Crippen molar-refractivity contribution < 1.29 is 9.13 Å². The summed E-state index contributed by atoms with van der Waals surface area (Å²) in [6.07, 6.45) is 5.16. The Morgan fingerprint density at radius 3 is 2.35 bits per heavy atom. The van der Waals surface area contributed by atoms with Gasteiger partial charge in [0, 0.05) is 20.4 Å². The first kappa shape index (κ1) is 18.0. The highest BCUT2D eigenvalue weighted by molar-refractivity contribution is 6.76. The van der Waals surface area contributed by atoms with Crippen LogP contribution in [0.2, 0.25) is 25.7 Å². The quantitative estimate of drug-likeness (QED) is 0.562. The number of benzene rings is 1. The van der Waals surface area contributed by atoms with Gasteiger partial charge in [0.25, 0.3) is 0 Å². The van der Waals surface area contributed by atoms with E-state index in [1.54, 1.807) is 12.2 Å². The molecule has 0 saturated carbocycles. The lowest BCUT2D eigenvalue weighted by Gasteiger charge is -2.23. The molecule has 126 valence electrons. The van der Waals surface area contributed by atoms with Crippen LogP contribution in [0.4, 0.5) is 4.39 Å². The predicted molar refractivity (Wildman–Crippen MR) is 99.2 cm³/mol. The fourth-order valence-electron chi connectivity index (χ4n) is 2.76. The van der Waals surface area contributed by atoms with Gasteiger partial charge in [-0.3, -0.25) is 0 Å². The van der Waals surface area contributed by atoms with Crippen molar-refractivity contribution in [3.8, 4) is 0 Å². The van der Waals surface area contributed by atoms with Crippen molar-refractivity contribution in [1.29, 1.82) is 0 Å². The smallest absolute Gasteiger partial charge is 0.108 e. The second-order valence-electron chi connectivity index (χ2n) is 7.91. The molecule has 0 spiro atoms. The summed E-state index contributed by atoms with van der Waals surface area (Å²) in [4.78, 5) is 0. The Morgan fingerprint density at radius 1 is 1.13 bits per heavy atom. The molecule has 0 bridgehead atoms. The van der Waals surface area contributed by atoms with Gasteiger partial charge in [-0.25, -0.2) is 4.39 Å². The van der Waals surface area contributed by atoms with Crippen LogP contribution in [0.25, 0.3) is 0 Å². The van der Waals surface area contributed by atoms with Crippen LogP contribution in [0.3, 0.4) is 0 Å². The molecule has 1 aliphatic rings. The largest absolute Gasteiger partial charge is 0.495 e. The Balaban J connectivity index is 2.04. The van der Waals surface area contributed by atoms with Gasteiger partial charge < -0.3 is 4.74 Å². The summed E-state index contributed by atoms with van der Waals surface area (Å²) in [6.45, 7) is 11.2. The molecular formula is C20H29FOSi. The highest BCUT2D eigenvalue weighted by Gasteiger charge is 2.23. The lowest BCUT2D eigenvalue weighted by atomic mass is 9.89. The highest BCUT2D eigenvalue weighted by Crippen LogP contribution is 2.36. The molecule has 1 unspecified atom stereocenters. The van der Waals surface area contributed by atoms with Crippen LogP contribution in [0.15, 0.2) is 48.0 Å². The molecule has 3 heteroatoms. The molecular weight excluding hydrogens is 303 g/mol. The lowest BCUT2D eigenvalue weighted by molar-refractivity contribution is 0.135. The van der Waals surface area contributed by atoms with Crippen LogP contribution in [-0.2, 0) is 11.2 Å². The molecule has 0 heterocycles. The van der Waals surface area contributed by atoms with Gasteiger partial charge in [0.2, 0.25) is 0 Å². The Hall–Kier alpha value is -1.35. The zero-order chi connectivity index (χ0) is 17.0. The van der Waals surface area contributed by atoms with Gasteiger partial charge >= 0.3 is 0 Å². The minimum absolute atomic E-state index is 0.0732. The first-order valence-corrected chi connectivity index (χ1v) is 12.3. The first-order valence-electron chi connectivity index (χ1n) is 8.56. The Bertz CT molecular complexity index is 579. The van der Waals surface area contributed by atoms with E-state index in [0.717, 1.165) is 17.7 Å². The number of rotatable bonds is 6. The third-order valence-corrected chi connectivity index (χ3v) is 5.85. The van der Waals surface area contributed by atoms with Crippen molar-refractivity contribution in [1.82, 2.24) is 0 Å². The van der Waals surface area contributed by atoms with Crippen LogP contribution >= 0.6 is 0 Å². The Labute approximate surface area is 141 Å². The molecule has 1 aliphatic carbocycles. The van der Waals surface area contributed by atoms with Gasteiger partial charge in [-0.1, -0.05) is 50.0 Å². The van der Waals surface area contributed by atoms with Gasteiger partial charge in [-0.15, -0.1) is 0 Å². The molecule has 0 fully saturated rings. The first-order chi connectivity index (χ1) is 10.7. The average molecular weight is 333 g/mol. The average Bonchev–Trinajstić information content (AvgIpc) is 2.46. The van der Waals surface area contributed by atoms with Crippen molar-refractivity contribution in [3.63, 3.8) is 0 Å². The van der Waals surface area contributed by atoms with Gasteiger partial charge in [-0.05, 0) is 43.5 Å². The van der Waals surface area contributed by atoms with E-state index >= 15 is 0 Å². The second kappa shape index (κ2) is 7.48.